The van der Waals surface area contributed by atoms with Crippen molar-refractivity contribution >= 4 is 28.7 Å². The van der Waals surface area contributed by atoms with Crippen molar-refractivity contribution < 1.29 is 14.3 Å². The number of aromatic hydroxyl groups is 1. The smallest absolute Gasteiger partial charge is 0.276 e. The number of anilines is 1. The lowest BCUT2D eigenvalue weighted by Crippen LogP contribution is -2.44. The number of phenolic OH excluding ortho intramolecular Hbond substituents is 1. The van der Waals surface area contributed by atoms with Gasteiger partial charge in [0, 0.05) is 44.3 Å². The Labute approximate surface area is 190 Å². The van der Waals surface area contributed by atoms with Gasteiger partial charge in [0.15, 0.2) is 0 Å². The number of nitrogens with zero attached hydrogens (tertiary/aromatic N) is 4. The molecule has 1 aliphatic heterocycles. The number of aromatic nitrogens is 1. The van der Waals surface area contributed by atoms with Crippen LogP contribution in [0.15, 0.2) is 52.5 Å². The van der Waals surface area contributed by atoms with E-state index >= 15 is 4.39 Å². The van der Waals surface area contributed by atoms with E-state index in [-0.39, 0.29) is 16.7 Å². The summed E-state index contributed by atoms with van der Waals surface area (Å²) in [6.07, 6.45) is 2.84. The summed E-state index contributed by atoms with van der Waals surface area (Å²) in [7, 11) is 2.03. The molecule has 2 aromatic carbocycles. The average Bonchev–Trinajstić information content (AvgIpc) is 2.80. The SMILES string of the molecule is CCn1cc(C(=O)NN=Cc2cccc(O)c2)c(=O)c2cc(F)c(N3CCN(C)CC3)cc21. The van der Waals surface area contributed by atoms with Crippen molar-refractivity contribution in [3.05, 3.63) is 69.8 Å². The van der Waals surface area contributed by atoms with Crippen molar-refractivity contribution in [2.45, 2.75) is 13.5 Å². The summed E-state index contributed by atoms with van der Waals surface area (Å²) in [5.41, 5.74) is 3.29. The van der Waals surface area contributed by atoms with E-state index in [4.69, 9.17) is 0 Å². The summed E-state index contributed by atoms with van der Waals surface area (Å²) < 4.78 is 16.8. The minimum absolute atomic E-state index is 0.0728. The first-order chi connectivity index (χ1) is 15.9. The molecule has 1 aliphatic rings. The fraction of sp³-hybridized carbons (Fsp3) is 0.292. The number of benzene rings is 2. The number of aryl methyl sites for hydroxylation is 1. The number of amides is 1. The Hall–Kier alpha value is -3.72. The molecule has 2 heterocycles. The molecule has 1 saturated heterocycles. The number of halogens is 1. The normalized spacial score (nSPS) is 14.8. The first-order valence-electron chi connectivity index (χ1n) is 10.8. The van der Waals surface area contributed by atoms with Gasteiger partial charge in [-0.2, -0.15) is 5.10 Å². The largest absolute Gasteiger partial charge is 0.508 e. The molecule has 0 radical (unpaired) electrons. The quantitative estimate of drug-likeness (QED) is 0.459. The van der Waals surface area contributed by atoms with Gasteiger partial charge in [-0.25, -0.2) is 9.82 Å². The van der Waals surface area contributed by atoms with E-state index in [2.05, 4.69) is 15.4 Å². The summed E-state index contributed by atoms with van der Waals surface area (Å²) in [6.45, 7) is 5.46. The molecule has 0 unspecified atom stereocenters. The van der Waals surface area contributed by atoms with Crippen LogP contribution in [0.2, 0.25) is 0 Å². The Morgan fingerprint density at radius 3 is 2.67 bits per heavy atom. The maximum atomic E-state index is 15.0. The maximum Gasteiger partial charge on any atom is 0.276 e. The molecule has 3 aromatic rings. The van der Waals surface area contributed by atoms with Gasteiger partial charge in [-0.3, -0.25) is 9.59 Å². The Kier molecular flexibility index (Phi) is 6.41. The summed E-state index contributed by atoms with van der Waals surface area (Å²) in [5.74, 6) is -1.10. The molecule has 1 amide bonds. The second-order valence-corrected chi connectivity index (χ2v) is 8.06. The van der Waals surface area contributed by atoms with Crippen LogP contribution in [0.5, 0.6) is 5.75 Å². The van der Waals surface area contributed by atoms with Crippen LogP contribution < -0.4 is 15.8 Å². The second kappa shape index (κ2) is 9.41. The molecule has 8 nitrogen and oxygen atoms in total. The van der Waals surface area contributed by atoms with E-state index in [1.165, 1.54) is 30.6 Å². The first-order valence-corrected chi connectivity index (χ1v) is 10.8. The summed E-state index contributed by atoms with van der Waals surface area (Å²) in [6, 6.07) is 9.28. The van der Waals surface area contributed by atoms with Crippen LogP contribution in [0.25, 0.3) is 10.9 Å². The zero-order valence-corrected chi connectivity index (χ0v) is 18.6. The third-order valence-corrected chi connectivity index (χ3v) is 5.83. The minimum Gasteiger partial charge on any atom is -0.508 e. The number of hydrogen-bond donors (Lipinski definition) is 2. The van der Waals surface area contributed by atoms with E-state index in [1.54, 1.807) is 22.8 Å². The molecule has 9 heteroatoms. The predicted octanol–water partition coefficient (Wildman–Crippen LogP) is 2.38. The van der Waals surface area contributed by atoms with E-state index in [9.17, 15) is 14.7 Å². The van der Waals surface area contributed by atoms with Crippen LogP contribution in [-0.2, 0) is 6.54 Å². The van der Waals surface area contributed by atoms with Crippen molar-refractivity contribution in [2.75, 3.05) is 38.1 Å². The third kappa shape index (κ3) is 4.73. The number of nitrogens with one attached hydrogen (secondary N) is 1. The van der Waals surface area contributed by atoms with Gasteiger partial charge in [0.25, 0.3) is 5.91 Å². The lowest BCUT2D eigenvalue weighted by Gasteiger charge is -2.34. The number of fused-ring (bicyclic) bond motifs is 1. The molecule has 0 atom stereocenters. The Morgan fingerprint density at radius 2 is 1.97 bits per heavy atom. The molecule has 0 aliphatic carbocycles. The number of likely N-dealkylation sites (N-methyl/N-ethyl adjacent to an activating group) is 1. The van der Waals surface area contributed by atoms with Crippen molar-refractivity contribution in [1.29, 1.82) is 0 Å². The highest BCUT2D eigenvalue weighted by atomic mass is 19.1. The number of carbonyl (C=O) groups is 1. The molecule has 2 N–H and O–H groups in total. The molecule has 0 bridgehead atoms. The van der Waals surface area contributed by atoms with Crippen LogP contribution >= 0.6 is 0 Å². The van der Waals surface area contributed by atoms with Crippen LogP contribution in [0.1, 0.15) is 22.8 Å². The summed E-state index contributed by atoms with van der Waals surface area (Å²) in [4.78, 5) is 29.9. The second-order valence-electron chi connectivity index (χ2n) is 8.06. The Balaban J connectivity index is 1.66. The highest BCUT2D eigenvalue weighted by Crippen LogP contribution is 2.26. The number of hydrazone groups is 1. The van der Waals surface area contributed by atoms with Gasteiger partial charge in [-0.05, 0) is 43.8 Å². The van der Waals surface area contributed by atoms with E-state index in [1.807, 2.05) is 18.9 Å². The molecule has 1 fully saturated rings. The van der Waals surface area contributed by atoms with E-state index < -0.39 is 17.2 Å². The number of phenols is 1. The van der Waals surface area contributed by atoms with Gasteiger partial charge < -0.3 is 19.5 Å². The molecule has 33 heavy (non-hydrogen) atoms. The predicted molar refractivity (Wildman–Crippen MR) is 127 cm³/mol. The molecule has 4 rings (SSSR count). The first kappa shape index (κ1) is 22.5. The topological polar surface area (TPSA) is 90.2 Å². The maximum absolute atomic E-state index is 15.0. The van der Waals surface area contributed by atoms with Gasteiger partial charge in [-0.1, -0.05) is 12.1 Å². The van der Waals surface area contributed by atoms with Crippen LogP contribution in [0, 0.1) is 5.82 Å². The van der Waals surface area contributed by atoms with Crippen molar-refractivity contribution in [3.63, 3.8) is 0 Å². The summed E-state index contributed by atoms with van der Waals surface area (Å²) >= 11 is 0. The number of piperazine rings is 1. The molecular formula is C24H26FN5O3. The van der Waals surface area contributed by atoms with Crippen molar-refractivity contribution in [1.82, 2.24) is 14.9 Å². The van der Waals surface area contributed by atoms with Crippen molar-refractivity contribution in [3.8, 4) is 5.75 Å². The van der Waals surface area contributed by atoms with Gasteiger partial charge in [-0.15, -0.1) is 0 Å². The fourth-order valence-electron chi connectivity index (χ4n) is 3.94. The lowest BCUT2D eigenvalue weighted by atomic mass is 10.1. The minimum atomic E-state index is -0.691. The number of hydrogen-bond acceptors (Lipinski definition) is 6. The van der Waals surface area contributed by atoms with Gasteiger partial charge in [0.1, 0.15) is 17.1 Å². The van der Waals surface area contributed by atoms with E-state index in [0.717, 1.165) is 13.1 Å². The van der Waals surface area contributed by atoms with Gasteiger partial charge in [0.05, 0.1) is 17.4 Å². The Bertz CT molecular complexity index is 1280. The number of pyridine rings is 1. The van der Waals surface area contributed by atoms with Crippen LogP contribution in [-0.4, -0.2) is 59.9 Å². The molecular weight excluding hydrogens is 425 g/mol. The lowest BCUT2D eigenvalue weighted by molar-refractivity contribution is 0.0953. The average molecular weight is 452 g/mol. The van der Waals surface area contributed by atoms with Crippen LogP contribution in [0.4, 0.5) is 10.1 Å². The van der Waals surface area contributed by atoms with Gasteiger partial charge in [0.2, 0.25) is 5.43 Å². The van der Waals surface area contributed by atoms with Crippen molar-refractivity contribution in [2.24, 2.45) is 5.10 Å². The fourth-order valence-corrected chi connectivity index (χ4v) is 3.94. The highest BCUT2D eigenvalue weighted by molar-refractivity contribution is 5.98. The molecule has 1 aromatic heterocycles. The third-order valence-electron chi connectivity index (χ3n) is 5.83. The standard InChI is InChI=1S/C24H26FN5O3/c1-3-29-15-19(24(33)27-26-14-16-5-4-6-17(31)11-16)23(32)18-12-20(25)22(13-21(18)29)30-9-7-28(2)8-10-30/h4-6,11-15,31H,3,7-10H2,1-2H3,(H,27,33). The number of carbonyl (C=O) groups excluding carboxylic acids is 1. The van der Waals surface area contributed by atoms with Gasteiger partial charge >= 0.3 is 0 Å². The molecule has 0 saturated carbocycles. The highest BCUT2D eigenvalue weighted by Gasteiger charge is 2.21. The zero-order chi connectivity index (χ0) is 23.5. The molecule has 172 valence electrons. The zero-order valence-electron chi connectivity index (χ0n) is 18.6. The molecule has 0 spiro atoms. The monoisotopic (exact) mass is 451 g/mol. The van der Waals surface area contributed by atoms with Crippen LogP contribution in [0.3, 0.4) is 0 Å². The Morgan fingerprint density at radius 1 is 1.21 bits per heavy atom. The number of rotatable bonds is 5. The summed E-state index contributed by atoms with van der Waals surface area (Å²) in [5, 5.41) is 13.5. The van der Waals surface area contributed by atoms with E-state index in [0.29, 0.717) is 36.4 Å².